The highest BCUT2D eigenvalue weighted by Gasteiger charge is 2.03. The fourth-order valence-corrected chi connectivity index (χ4v) is 1.54. The van der Waals surface area contributed by atoms with E-state index >= 15 is 0 Å². The lowest BCUT2D eigenvalue weighted by Gasteiger charge is -1.98. The van der Waals surface area contributed by atoms with Crippen LogP contribution in [0.3, 0.4) is 0 Å². The van der Waals surface area contributed by atoms with Crippen molar-refractivity contribution in [3.63, 3.8) is 0 Å². The average molecular weight is 195 g/mol. The van der Waals surface area contributed by atoms with E-state index in [-0.39, 0.29) is 0 Å². The SMILES string of the molecule is Cc1cc(N)n(Cc2csnn2)n1. The van der Waals surface area contributed by atoms with Gasteiger partial charge in [0, 0.05) is 11.4 Å². The first-order valence-electron chi connectivity index (χ1n) is 3.81. The predicted molar refractivity (Wildman–Crippen MR) is 50.4 cm³/mol. The molecule has 0 atom stereocenters. The average Bonchev–Trinajstić information content (AvgIpc) is 2.63. The Labute approximate surface area is 79.4 Å². The molecule has 0 amide bonds. The number of anilines is 1. The van der Waals surface area contributed by atoms with Gasteiger partial charge in [-0.05, 0) is 18.5 Å². The molecular formula is C7H9N5S. The Morgan fingerprint density at radius 3 is 3.00 bits per heavy atom. The number of nitrogen functional groups attached to an aromatic ring is 1. The summed E-state index contributed by atoms with van der Waals surface area (Å²) in [6.45, 7) is 2.50. The molecule has 2 aromatic heterocycles. The van der Waals surface area contributed by atoms with Gasteiger partial charge in [0.1, 0.15) is 5.82 Å². The van der Waals surface area contributed by atoms with E-state index in [1.165, 1.54) is 11.5 Å². The van der Waals surface area contributed by atoms with E-state index in [0.29, 0.717) is 12.4 Å². The largest absolute Gasteiger partial charge is 0.384 e. The van der Waals surface area contributed by atoms with Crippen molar-refractivity contribution < 1.29 is 0 Å². The molecule has 5 nitrogen and oxygen atoms in total. The fourth-order valence-electron chi connectivity index (χ4n) is 1.10. The number of nitrogens with two attached hydrogens (primary N) is 1. The summed E-state index contributed by atoms with van der Waals surface area (Å²) in [4.78, 5) is 0. The molecule has 2 rings (SSSR count). The van der Waals surface area contributed by atoms with Crippen LogP contribution < -0.4 is 5.73 Å². The Morgan fingerprint density at radius 2 is 2.46 bits per heavy atom. The molecule has 0 aliphatic heterocycles. The zero-order valence-corrected chi connectivity index (χ0v) is 7.95. The predicted octanol–water partition coefficient (Wildman–Crippen LogP) is 0.674. The van der Waals surface area contributed by atoms with Crippen LogP contribution in [-0.2, 0) is 6.54 Å². The summed E-state index contributed by atoms with van der Waals surface area (Å²) in [5, 5.41) is 10.0. The van der Waals surface area contributed by atoms with E-state index in [2.05, 4.69) is 14.7 Å². The molecule has 0 spiro atoms. The number of hydrogen-bond donors (Lipinski definition) is 1. The summed E-state index contributed by atoms with van der Waals surface area (Å²) in [5.74, 6) is 0.658. The fraction of sp³-hybridized carbons (Fsp3) is 0.286. The number of rotatable bonds is 2. The van der Waals surface area contributed by atoms with Crippen LogP contribution in [0.1, 0.15) is 11.4 Å². The summed E-state index contributed by atoms with van der Waals surface area (Å²) in [6.07, 6.45) is 0. The van der Waals surface area contributed by atoms with E-state index < -0.39 is 0 Å². The van der Waals surface area contributed by atoms with Gasteiger partial charge in [-0.1, -0.05) is 4.49 Å². The van der Waals surface area contributed by atoms with Crippen molar-refractivity contribution >= 4 is 17.4 Å². The number of aryl methyl sites for hydroxylation is 1. The molecule has 2 N–H and O–H groups in total. The van der Waals surface area contributed by atoms with Gasteiger partial charge in [-0.2, -0.15) is 5.10 Å². The van der Waals surface area contributed by atoms with E-state index in [0.717, 1.165) is 11.4 Å². The first-order chi connectivity index (χ1) is 6.25. The molecular weight excluding hydrogens is 186 g/mol. The summed E-state index contributed by atoms with van der Waals surface area (Å²) in [5.41, 5.74) is 7.52. The molecule has 0 aliphatic rings. The van der Waals surface area contributed by atoms with Crippen LogP contribution in [0, 0.1) is 6.92 Å². The summed E-state index contributed by atoms with van der Waals surface area (Å²) < 4.78 is 5.48. The molecule has 2 heterocycles. The van der Waals surface area contributed by atoms with Crippen LogP contribution in [0.15, 0.2) is 11.4 Å². The summed E-state index contributed by atoms with van der Waals surface area (Å²) >= 11 is 1.33. The minimum Gasteiger partial charge on any atom is -0.384 e. The van der Waals surface area contributed by atoms with Gasteiger partial charge in [-0.3, -0.25) is 0 Å². The molecule has 0 saturated carbocycles. The topological polar surface area (TPSA) is 69.6 Å². The quantitative estimate of drug-likeness (QED) is 0.764. The van der Waals surface area contributed by atoms with Gasteiger partial charge in [0.15, 0.2) is 0 Å². The van der Waals surface area contributed by atoms with Crippen molar-refractivity contribution in [3.8, 4) is 0 Å². The smallest absolute Gasteiger partial charge is 0.122 e. The van der Waals surface area contributed by atoms with E-state index in [1.54, 1.807) is 4.68 Å². The van der Waals surface area contributed by atoms with Crippen LogP contribution in [0.4, 0.5) is 5.82 Å². The molecule has 2 aromatic rings. The Balaban J connectivity index is 2.23. The Bertz CT molecular complexity index is 391. The van der Waals surface area contributed by atoms with Gasteiger partial charge >= 0.3 is 0 Å². The standard InChI is InChI=1S/C7H9N5S/c1-5-2-7(8)12(10-5)3-6-4-13-11-9-6/h2,4H,3,8H2,1H3. The van der Waals surface area contributed by atoms with Crippen LogP contribution in [0.25, 0.3) is 0 Å². The van der Waals surface area contributed by atoms with E-state index in [9.17, 15) is 0 Å². The summed E-state index contributed by atoms with van der Waals surface area (Å²) in [7, 11) is 0. The summed E-state index contributed by atoms with van der Waals surface area (Å²) in [6, 6.07) is 1.83. The molecule has 0 saturated heterocycles. The zero-order chi connectivity index (χ0) is 9.26. The van der Waals surface area contributed by atoms with E-state index in [1.807, 2.05) is 18.4 Å². The lowest BCUT2D eigenvalue weighted by atomic mass is 10.5. The Morgan fingerprint density at radius 1 is 1.62 bits per heavy atom. The van der Waals surface area contributed by atoms with Crippen LogP contribution in [-0.4, -0.2) is 19.4 Å². The second-order valence-corrected chi connectivity index (χ2v) is 3.37. The van der Waals surface area contributed by atoms with Gasteiger partial charge < -0.3 is 5.73 Å². The third-order valence-corrected chi connectivity index (χ3v) is 2.20. The third-order valence-electron chi connectivity index (χ3n) is 1.65. The highest BCUT2D eigenvalue weighted by Crippen LogP contribution is 2.08. The highest BCUT2D eigenvalue weighted by molar-refractivity contribution is 7.03. The van der Waals surface area contributed by atoms with Crippen molar-refractivity contribution in [2.24, 2.45) is 0 Å². The van der Waals surface area contributed by atoms with Gasteiger partial charge in [0.2, 0.25) is 0 Å². The Kier molecular flexibility index (Phi) is 1.97. The minimum atomic E-state index is 0.593. The second-order valence-electron chi connectivity index (χ2n) is 2.76. The first kappa shape index (κ1) is 8.18. The van der Waals surface area contributed by atoms with Gasteiger partial charge in [0.05, 0.1) is 17.9 Å². The normalized spacial score (nSPS) is 10.5. The minimum absolute atomic E-state index is 0.593. The maximum Gasteiger partial charge on any atom is 0.122 e. The molecule has 0 aromatic carbocycles. The van der Waals surface area contributed by atoms with Crippen molar-refractivity contribution in [2.75, 3.05) is 5.73 Å². The maximum atomic E-state index is 5.71. The molecule has 0 fully saturated rings. The van der Waals surface area contributed by atoms with Crippen molar-refractivity contribution in [2.45, 2.75) is 13.5 Å². The van der Waals surface area contributed by atoms with Crippen LogP contribution in [0.2, 0.25) is 0 Å². The van der Waals surface area contributed by atoms with Crippen molar-refractivity contribution in [1.82, 2.24) is 19.4 Å². The highest BCUT2D eigenvalue weighted by atomic mass is 32.1. The van der Waals surface area contributed by atoms with Crippen molar-refractivity contribution in [1.29, 1.82) is 0 Å². The van der Waals surface area contributed by atoms with E-state index in [4.69, 9.17) is 5.73 Å². The number of nitrogens with zero attached hydrogens (tertiary/aromatic N) is 4. The second kappa shape index (κ2) is 3.14. The number of aromatic nitrogens is 4. The zero-order valence-electron chi connectivity index (χ0n) is 7.14. The molecule has 0 aliphatic carbocycles. The molecule has 13 heavy (non-hydrogen) atoms. The number of hydrogen-bond acceptors (Lipinski definition) is 5. The lowest BCUT2D eigenvalue weighted by molar-refractivity contribution is 0.673. The maximum absolute atomic E-state index is 5.71. The van der Waals surface area contributed by atoms with Crippen molar-refractivity contribution in [3.05, 3.63) is 22.8 Å². The Hall–Kier alpha value is -1.43. The van der Waals surface area contributed by atoms with Gasteiger partial charge in [-0.25, -0.2) is 4.68 Å². The molecule has 68 valence electrons. The molecule has 0 unspecified atom stereocenters. The van der Waals surface area contributed by atoms with Gasteiger partial charge in [0.25, 0.3) is 0 Å². The molecule has 0 bridgehead atoms. The first-order valence-corrected chi connectivity index (χ1v) is 4.65. The molecule has 0 radical (unpaired) electrons. The van der Waals surface area contributed by atoms with Gasteiger partial charge in [-0.15, -0.1) is 5.10 Å². The van der Waals surface area contributed by atoms with Crippen LogP contribution >= 0.6 is 11.5 Å². The monoisotopic (exact) mass is 195 g/mol. The molecule has 6 heteroatoms. The third kappa shape index (κ3) is 1.67. The lowest BCUT2D eigenvalue weighted by Crippen LogP contribution is -2.06. The van der Waals surface area contributed by atoms with Crippen LogP contribution in [0.5, 0.6) is 0 Å².